The van der Waals surface area contributed by atoms with Crippen LogP contribution in [0.25, 0.3) is 0 Å². The van der Waals surface area contributed by atoms with Crippen molar-refractivity contribution in [3.63, 3.8) is 0 Å². The van der Waals surface area contributed by atoms with Gasteiger partial charge in [-0.2, -0.15) is 0 Å². The van der Waals surface area contributed by atoms with Crippen LogP contribution in [-0.4, -0.2) is 6.54 Å². The third kappa shape index (κ3) is 2.99. The van der Waals surface area contributed by atoms with E-state index >= 15 is 0 Å². The highest BCUT2D eigenvalue weighted by Crippen LogP contribution is 2.17. The minimum Gasteiger partial charge on any atom is -0.381 e. The molecular weight excluding hydrogens is 194 g/mol. The molecule has 0 aliphatic heterocycles. The molecule has 0 saturated heterocycles. The first kappa shape index (κ1) is 11.0. The maximum absolute atomic E-state index is 3.45. The van der Waals surface area contributed by atoms with Gasteiger partial charge >= 0.3 is 0 Å². The van der Waals surface area contributed by atoms with E-state index in [9.17, 15) is 0 Å². The zero-order valence-electron chi connectivity index (χ0n) is 10.1. The van der Waals surface area contributed by atoms with Gasteiger partial charge in [0.1, 0.15) is 0 Å². The summed E-state index contributed by atoms with van der Waals surface area (Å²) in [4.78, 5) is 0. The first-order chi connectivity index (χ1) is 7.74. The molecule has 1 heteroatoms. The maximum atomic E-state index is 3.45. The van der Waals surface area contributed by atoms with E-state index in [1.165, 1.54) is 35.2 Å². The first-order valence-electron chi connectivity index (χ1n) is 5.91. The van der Waals surface area contributed by atoms with Gasteiger partial charge in [0.25, 0.3) is 0 Å². The average Bonchev–Trinajstić information content (AvgIpc) is 2.28. The van der Waals surface area contributed by atoms with Crippen LogP contribution in [0.3, 0.4) is 0 Å². The quantitative estimate of drug-likeness (QED) is 0.798. The molecule has 0 fully saturated rings. The molecule has 1 aliphatic carbocycles. The molecule has 0 bridgehead atoms. The number of aryl methyl sites for hydroxylation is 1. The smallest absolute Gasteiger partial charge is 0.0397 e. The van der Waals surface area contributed by atoms with Crippen LogP contribution in [0.5, 0.6) is 0 Å². The summed E-state index contributed by atoms with van der Waals surface area (Å²) in [5, 5.41) is 3.45. The van der Waals surface area contributed by atoms with Gasteiger partial charge in [-0.15, -0.1) is 0 Å². The highest BCUT2D eigenvalue weighted by Gasteiger charge is 2.01. The molecule has 0 heterocycles. The van der Waals surface area contributed by atoms with Crippen molar-refractivity contribution in [3.8, 4) is 0 Å². The minimum atomic E-state index is 0.931. The van der Waals surface area contributed by atoms with Crippen molar-refractivity contribution in [1.82, 2.24) is 0 Å². The van der Waals surface area contributed by atoms with E-state index in [4.69, 9.17) is 0 Å². The number of allylic oxidation sites excluding steroid dienone is 2. The summed E-state index contributed by atoms with van der Waals surface area (Å²) in [7, 11) is 0. The molecule has 0 radical (unpaired) electrons. The predicted molar refractivity (Wildman–Crippen MR) is 70.7 cm³/mol. The summed E-state index contributed by atoms with van der Waals surface area (Å²) in [6, 6.07) is 8.54. The molecule has 2 rings (SSSR count). The Labute approximate surface area is 97.9 Å². The van der Waals surface area contributed by atoms with E-state index in [0.717, 1.165) is 6.54 Å². The molecule has 0 saturated carbocycles. The highest BCUT2D eigenvalue weighted by molar-refractivity contribution is 5.46. The molecule has 1 N–H and O–H groups in total. The lowest BCUT2D eigenvalue weighted by molar-refractivity contribution is 0.938. The number of rotatable bonds is 3. The Bertz CT molecular complexity index is 410. The molecule has 16 heavy (non-hydrogen) atoms. The Hall–Kier alpha value is -1.50. The summed E-state index contributed by atoms with van der Waals surface area (Å²) in [5.41, 5.74) is 5.40. The van der Waals surface area contributed by atoms with Gasteiger partial charge in [0.2, 0.25) is 0 Å². The third-order valence-corrected chi connectivity index (χ3v) is 2.93. The molecule has 1 aromatic rings. The van der Waals surface area contributed by atoms with Crippen LogP contribution in [0.2, 0.25) is 0 Å². The van der Waals surface area contributed by atoms with Crippen molar-refractivity contribution in [2.45, 2.75) is 26.7 Å². The monoisotopic (exact) mass is 213 g/mol. The van der Waals surface area contributed by atoms with Crippen molar-refractivity contribution in [2.75, 3.05) is 11.9 Å². The number of nitrogens with one attached hydrogen (secondary N) is 1. The third-order valence-electron chi connectivity index (χ3n) is 2.93. The number of hydrogen-bond acceptors (Lipinski definition) is 1. The number of anilines is 1. The van der Waals surface area contributed by atoms with Crippen LogP contribution < -0.4 is 5.32 Å². The van der Waals surface area contributed by atoms with Gasteiger partial charge in [0, 0.05) is 12.2 Å². The van der Waals surface area contributed by atoms with Gasteiger partial charge < -0.3 is 5.32 Å². The van der Waals surface area contributed by atoms with Gasteiger partial charge in [0.15, 0.2) is 0 Å². The lowest BCUT2D eigenvalue weighted by atomic mass is 10.0. The number of benzene rings is 1. The van der Waals surface area contributed by atoms with Crippen molar-refractivity contribution in [3.05, 3.63) is 53.1 Å². The average molecular weight is 213 g/mol. The fourth-order valence-corrected chi connectivity index (χ4v) is 1.93. The van der Waals surface area contributed by atoms with E-state index in [2.05, 4.69) is 55.6 Å². The predicted octanol–water partition coefficient (Wildman–Crippen LogP) is 4.07. The summed E-state index contributed by atoms with van der Waals surface area (Å²) in [6.07, 6.45) is 7.03. The largest absolute Gasteiger partial charge is 0.381 e. The molecule has 1 nitrogen and oxygen atoms in total. The van der Waals surface area contributed by atoms with Crippen molar-refractivity contribution < 1.29 is 0 Å². The zero-order chi connectivity index (χ0) is 11.4. The highest BCUT2D eigenvalue weighted by atomic mass is 14.9. The fraction of sp³-hybridized carbons (Fsp3) is 0.333. The van der Waals surface area contributed by atoms with Crippen LogP contribution in [0, 0.1) is 6.92 Å². The van der Waals surface area contributed by atoms with Crippen molar-refractivity contribution >= 4 is 5.69 Å². The number of hydrogen-bond donors (Lipinski definition) is 1. The Balaban J connectivity index is 1.92. The van der Waals surface area contributed by atoms with Crippen LogP contribution in [0.1, 0.15) is 25.3 Å². The first-order valence-corrected chi connectivity index (χ1v) is 5.91. The Morgan fingerprint density at radius 1 is 1.12 bits per heavy atom. The maximum Gasteiger partial charge on any atom is 0.0397 e. The van der Waals surface area contributed by atoms with E-state index in [0.29, 0.717) is 0 Å². The topological polar surface area (TPSA) is 12.0 Å². The van der Waals surface area contributed by atoms with Gasteiger partial charge in [-0.05, 0) is 44.4 Å². The Morgan fingerprint density at radius 3 is 2.56 bits per heavy atom. The second kappa shape index (κ2) is 5.02. The zero-order valence-corrected chi connectivity index (χ0v) is 10.1. The lowest BCUT2D eigenvalue weighted by Crippen LogP contribution is -2.05. The second-order valence-electron chi connectivity index (χ2n) is 4.53. The summed E-state index contributed by atoms with van der Waals surface area (Å²) in [6.45, 7) is 5.25. The molecule has 84 valence electrons. The Morgan fingerprint density at radius 2 is 1.88 bits per heavy atom. The molecule has 0 atom stereocenters. The van der Waals surface area contributed by atoms with Gasteiger partial charge in [-0.3, -0.25) is 0 Å². The molecule has 0 spiro atoms. The molecular formula is C15H19N. The summed E-state index contributed by atoms with van der Waals surface area (Å²) in [5.74, 6) is 0. The van der Waals surface area contributed by atoms with Crippen molar-refractivity contribution in [2.24, 2.45) is 0 Å². The standard InChI is InChI=1S/C15H19N/c1-12-6-8-15(9-7-12)16-11-14-5-3-4-13(2)10-14/h5-10,16H,3-4,11H2,1-2H3. The molecule has 0 unspecified atom stereocenters. The van der Waals surface area contributed by atoms with E-state index in [1.54, 1.807) is 0 Å². The molecule has 0 amide bonds. The van der Waals surface area contributed by atoms with Crippen LogP contribution in [-0.2, 0) is 0 Å². The molecule has 1 aromatic carbocycles. The van der Waals surface area contributed by atoms with E-state index in [-0.39, 0.29) is 0 Å². The summed E-state index contributed by atoms with van der Waals surface area (Å²) >= 11 is 0. The lowest BCUT2D eigenvalue weighted by Gasteiger charge is -2.12. The SMILES string of the molecule is CC1=CC(CNc2ccc(C)cc2)=CCC1. The van der Waals surface area contributed by atoms with Crippen LogP contribution >= 0.6 is 0 Å². The van der Waals surface area contributed by atoms with E-state index < -0.39 is 0 Å². The Kier molecular flexibility index (Phi) is 3.45. The van der Waals surface area contributed by atoms with Gasteiger partial charge in [-0.25, -0.2) is 0 Å². The normalized spacial score (nSPS) is 15.4. The minimum absolute atomic E-state index is 0.931. The molecule has 0 aromatic heterocycles. The fourth-order valence-electron chi connectivity index (χ4n) is 1.93. The second-order valence-corrected chi connectivity index (χ2v) is 4.53. The van der Waals surface area contributed by atoms with Crippen molar-refractivity contribution in [1.29, 1.82) is 0 Å². The van der Waals surface area contributed by atoms with Crippen LogP contribution in [0.15, 0.2) is 47.6 Å². The van der Waals surface area contributed by atoms with Crippen LogP contribution in [0.4, 0.5) is 5.69 Å². The van der Waals surface area contributed by atoms with Gasteiger partial charge in [-0.1, -0.05) is 35.4 Å². The van der Waals surface area contributed by atoms with Gasteiger partial charge in [0.05, 0.1) is 0 Å². The molecule has 1 aliphatic rings. The summed E-state index contributed by atoms with van der Waals surface area (Å²) < 4.78 is 0. The van der Waals surface area contributed by atoms with E-state index in [1.807, 2.05) is 0 Å².